The number of nitrogens with zero attached hydrogens (tertiary/aromatic N) is 1. The van der Waals surface area contributed by atoms with E-state index in [0.29, 0.717) is 6.61 Å². The third-order valence-electron chi connectivity index (χ3n) is 2.91. The minimum absolute atomic E-state index is 0.0121. The average Bonchev–Trinajstić information content (AvgIpc) is 2.76. The van der Waals surface area contributed by atoms with E-state index in [1.807, 2.05) is 0 Å². The van der Waals surface area contributed by atoms with Crippen molar-refractivity contribution >= 4 is 34.8 Å². The van der Waals surface area contributed by atoms with Gasteiger partial charge in [0, 0.05) is 12.5 Å². The number of halogens is 2. The van der Waals surface area contributed by atoms with Crippen LogP contribution in [0.3, 0.4) is 0 Å². The van der Waals surface area contributed by atoms with E-state index in [0.717, 1.165) is 0 Å². The lowest BCUT2D eigenvalue weighted by atomic mass is 10.1. The highest BCUT2D eigenvalue weighted by atomic mass is 35.5. The minimum Gasteiger partial charge on any atom is -0.396 e. The first-order chi connectivity index (χ1) is 8.99. The molecular weight excluding hydrogens is 293 g/mol. The van der Waals surface area contributed by atoms with E-state index in [-0.39, 0.29) is 40.6 Å². The minimum atomic E-state index is -0.567. The summed E-state index contributed by atoms with van der Waals surface area (Å²) in [6, 6.07) is 1.35. The molecule has 104 valence electrons. The molecule has 2 rings (SSSR count). The van der Waals surface area contributed by atoms with Crippen LogP contribution in [-0.2, 0) is 4.74 Å². The number of hydrogen-bond acceptors (Lipinski definition) is 5. The number of aromatic nitrogens is 1. The Balaban J connectivity index is 2.04. The molecule has 4 N–H and O–H groups in total. The summed E-state index contributed by atoms with van der Waals surface area (Å²) in [6.45, 7) is 0.987. The number of pyridine rings is 1. The highest BCUT2D eigenvalue weighted by Crippen LogP contribution is 2.24. The normalized spacial score (nSPS) is 22.5. The smallest absolute Gasteiger partial charge is 0.253 e. The molecule has 0 spiro atoms. The van der Waals surface area contributed by atoms with Gasteiger partial charge in [-0.2, -0.15) is 0 Å². The summed E-state index contributed by atoms with van der Waals surface area (Å²) in [5, 5.41) is 12.3. The Morgan fingerprint density at radius 3 is 2.95 bits per heavy atom. The first-order valence-corrected chi connectivity index (χ1v) is 6.40. The number of nitrogen functional groups attached to an aromatic ring is 1. The summed E-state index contributed by atoms with van der Waals surface area (Å²) >= 11 is 11.5. The Morgan fingerprint density at radius 1 is 1.58 bits per heavy atom. The summed E-state index contributed by atoms with van der Waals surface area (Å²) in [5.41, 5.74) is 5.92. The van der Waals surface area contributed by atoms with Gasteiger partial charge in [0.15, 0.2) is 5.15 Å². The molecule has 8 heteroatoms. The molecule has 1 aliphatic heterocycles. The van der Waals surface area contributed by atoms with E-state index < -0.39 is 12.0 Å². The Kier molecular flexibility index (Phi) is 4.46. The number of aliphatic hydroxyl groups is 1. The number of hydrogen-bond donors (Lipinski definition) is 3. The van der Waals surface area contributed by atoms with Crippen LogP contribution in [0, 0.1) is 5.92 Å². The van der Waals surface area contributed by atoms with Crippen molar-refractivity contribution < 1.29 is 14.6 Å². The largest absolute Gasteiger partial charge is 0.396 e. The predicted octanol–water partition coefficient (Wildman–Crippen LogP) is 0.708. The van der Waals surface area contributed by atoms with E-state index >= 15 is 0 Å². The molecule has 0 aliphatic carbocycles. The molecule has 0 radical (unpaired) electrons. The van der Waals surface area contributed by atoms with Gasteiger partial charge in [-0.05, 0) is 6.07 Å². The topological polar surface area (TPSA) is 97.5 Å². The number of carbonyl (C=O) groups is 1. The van der Waals surface area contributed by atoms with Crippen LogP contribution in [0.5, 0.6) is 0 Å². The Morgan fingerprint density at radius 2 is 2.32 bits per heavy atom. The second-order valence-corrected chi connectivity index (χ2v) is 5.02. The molecule has 1 saturated heterocycles. The zero-order chi connectivity index (χ0) is 14.0. The van der Waals surface area contributed by atoms with Crippen molar-refractivity contribution in [3.05, 3.63) is 21.9 Å². The number of anilines is 1. The molecule has 1 aromatic heterocycles. The first-order valence-electron chi connectivity index (χ1n) is 5.64. The molecule has 0 saturated carbocycles. The zero-order valence-corrected chi connectivity index (χ0v) is 11.4. The van der Waals surface area contributed by atoms with Gasteiger partial charge in [0.05, 0.1) is 30.6 Å². The monoisotopic (exact) mass is 305 g/mol. The Labute approximate surface area is 119 Å². The van der Waals surface area contributed by atoms with Gasteiger partial charge in [-0.25, -0.2) is 4.98 Å². The van der Waals surface area contributed by atoms with Crippen LogP contribution < -0.4 is 11.1 Å². The lowest BCUT2D eigenvalue weighted by Crippen LogP contribution is -2.34. The summed E-state index contributed by atoms with van der Waals surface area (Å²) in [5.74, 6) is -0.541. The summed E-state index contributed by atoms with van der Waals surface area (Å²) in [4.78, 5) is 15.7. The number of carbonyl (C=O) groups excluding carboxylic acids is 1. The molecule has 0 bridgehead atoms. The maximum absolute atomic E-state index is 12.0. The van der Waals surface area contributed by atoms with Gasteiger partial charge in [0.2, 0.25) is 0 Å². The second-order valence-electron chi connectivity index (χ2n) is 4.27. The first kappa shape index (κ1) is 14.3. The molecule has 19 heavy (non-hydrogen) atoms. The van der Waals surface area contributed by atoms with Crippen LogP contribution in [0.4, 0.5) is 5.69 Å². The molecule has 2 heterocycles. The molecular formula is C11H13Cl2N3O3. The van der Waals surface area contributed by atoms with Gasteiger partial charge in [-0.3, -0.25) is 4.79 Å². The molecule has 6 nitrogen and oxygen atoms in total. The van der Waals surface area contributed by atoms with Crippen LogP contribution in [0.1, 0.15) is 10.4 Å². The molecule has 1 aromatic rings. The lowest BCUT2D eigenvalue weighted by molar-refractivity contribution is 0.0926. The van der Waals surface area contributed by atoms with Gasteiger partial charge in [0.25, 0.3) is 5.91 Å². The van der Waals surface area contributed by atoms with Crippen LogP contribution >= 0.6 is 23.2 Å². The fourth-order valence-electron chi connectivity index (χ4n) is 1.78. The van der Waals surface area contributed by atoms with Crippen LogP contribution in [0.25, 0.3) is 0 Å². The van der Waals surface area contributed by atoms with Crippen molar-refractivity contribution in [1.29, 1.82) is 0 Å². The highest BCUT2D eigenvalue weighted by Gasteiger charge is 2.27. The molecule has 1 aliphatic rings. The van der Waals surface area contributed by atoms with Gasteiger partial charge >= 0.3 is 0 Å². The van der Waals surface area contributed by atoms with Crippen molar-refractivity contribution in [3.63, 3.8) is 0 Å². The van der Waals surface area contributed by atoms with E-state index in [1.54, 1.807) is 0 Å². The molecule has 2 atom stereocenters. The van der Waals surface area contributed by atoms with Crippen molar-refractivity contribution in [3.8, 4) is 0 Å². The van der Waals surface area contributed by atoms with Crippen LogP contribution in [0.15, 0.2) is 6.07 Å². The number of nitrogens with one attached hydrogen (secondary N) is 1. The molecule has 0 unspecified atom stereocenters. The average molecular weight is 306 g/mol. The van der Waals surface area contributed by atoms with Gasteiger partial charge in [-0.15, -0.1) is 0 Å². The number of aliphatic hydroxyl groups excluding tert-OH is 1. The number of ether oxygens (including phenoxy) is 1. The number of nitrogens with two attached hydrogens (primary N) is 1. The van der Waals surface area contributed by atoms with E-state index in [1.165, 1.54) is 6.07 Å². The lowest BCUT2D eigenvalue weighted by Gasteiger charge is -2.14. The van der Waals surface area contributed by atoms with E-state index in [4.69, 9.17) is 33.7 Å². The Bertz CT molecular complexity index is 498. The molecule has 0 aromatic carbocycles. The van der Waals surface area contributed by atoms with Crippen LogP contribution in [0.2, 0.25) is 10.3 Å². The third kappa shape index (κ3) is 3.27. The third-order valence-corrected chi connectivity index (χ3v) is 3.40. The van der Waals surface area contributed by atoms with Crippen molar-refractivity contribution in [1.82, 2.24) is 10.3 Å². The zero-order valence-electron chi connectivity index (χ0n) is 9.90. The van der Waals surface area contributed by atoms with E-state index in [2.05, 4.69) is 10.3 Å². The quantitative estimate of drug-likeness (QED) is 0.715. The van der Waals surface area contributed by atoms with Crippen molar-refractivity contribution in [2.24, 2.45) is 5.92 Å². The maximum atomic E-state index is 12.0. The van der Waals surface area contributed by atoms with Gasteiger partial charge < -0.3 is 20.9 Å². The standard InChI is InChI=1S/C11H13Cl2N3O3/c12-8-1-6(9(14)10(13)16-8)11(18)15-2-5-3-19-4-7(5)17/h1,5,7,17H,2-4,14H2,(H,15,18)/t5-,7-/m1/s1. The van der Waals surface area contributed by atoms with Crippen molar-refractivity contribution in [2.75, 3.05) is 25.5 Å². The predicted molar refractivity (Wildman–Crippen MR) is 71.3 cm³/mol. The number of rotatable bonds is 3. The summed E-state index contributed by atoms with van der Waals surface area (Å²) in [7, 11) is 0. The van der Waals surface area contributed by atoms with Crippen molar-refractivity contribution in [2.45, 2.75) is 6.10 Å². The summed E-state index contributed by atoms with van der Waals surface area (Å²) < 4.78 is 5.09. The van der Waals surface area contributed by atoms with Crippen LogP contribution in [-0.4, -0.2) is 41.9 Å². The van der Waals surface area contributed by atoms with E-state index in [9.17, 15) is 9.90 Å². The molecule has 1 amide bonds. The molecule has 1 fully saturated rings. The fraction of sp³-hybridized carbons (Fsp3) is 0.455. The summed E-state index contributed by atoms with van der Waals surface area (Å²) in [6.07, 6.45) is -0.567. The van der Waals surface area contributed by atoms with Gasteiger partial charge in [0.1, 0.15) is 5.15 Å². The second kappa shape index (κ2) is 5.92. The number of amides is 1. The highest BCUT2D eigenvalue weighted by molar-refractivity contribution is 6.35. The SMILES string of the molecule is Nc1c(C(=O)NC[C@@H]2COC[C@H]2O)cc(Cl)nc1Cl. The maximum Gasteiger partial charge on any atom is 0.253 e. The van der Waals surface area contributed by atoms with Gasteiger partial charge in [-0.1, -0.05) is 23.2 Å². The Hall–Kier alpha value is -1.08. The fourth-order valence-corrected chi connectivity index (χ4v) is 2.21.